The minimum atomic E-state index is 0.237. The van der Waals surface area contributed by atoms with Crippen molar-refractivity contribution < 1.29 is 4.79 Å². The summed E-state index contributed by atoms with van der Waals surface area (Å²) in [7, 11) is 2.03. The minimum Gasteiger partial charge on any atom is -0.337 e. The van der Waals surface area contributed by atoms with E-state index in [1.807, 2.05) is 11.9 Å². The molecule has 0 rings (SSSR count). The minimum absolute atomic E-state index is 0.237. The predicted molar refractivity (Wildman–Crippen MR) is 74.1 cm³/mol. The fourth-order valence-electron chi connectivity index (χ4n) is 2.04. The number of carbonyl (C=O) groups excluding carboxylic acids is 1. The average Bonchev–Trinajstić information content (AvgIpc) is 2.12. The summed E-state index contributed by atoms with van der Waals surface area (Å²) >= 11 is 0. The van der Waals surface area contributed by atoms with Gasteiger partial charge in [0.05, 0.1) is 6.54 Å². The molecule has 0 atom stereocenters. The van der Waals surface area contributed by atoms with Gasteiger partial charge in [-0.25, -0.2) is 0 Å². The predicted octanol–water partition coefficient (Wildman–Crippen LogP) is 2.61. The highest BCUT2D eigenvalue weighted by molar-refractivity contribution is 5.78. The molecular weight excluding hydrogens is 212 g/mol. The summed E-state index contributed by atoms with van der Waals surface area (Å²) in [6, 6.07) is 0.557. The molecule has 0 bridgehead atoms. The summed E-state index contributed by atoms with van der Waals surface area (Å²) in [5.41, 5.74) is 0. The van der Waals surface area contributed by atoms with Gasteiger partial charge in [0.2, 0.25) is 5.91 Å². The smallest absolute Gasteiger partial charge is 0.237 e. The Labute approximate surface area is 107 Å². The second-order valence-corrected chi connectivity index (χ2v) is 5.91. The third kappa shape index (κ3) is 6.67. The highest BCUT2D eigenvalue weighted by atomic mass is 16.2. The molecule has 0 unspecified atom stereocenters. The van der Waals surface area contributed by atoms with Crippen LogP contribution in [0.3, 0.4) is 0 Å². The molecule has 0 saturated heterocycles. The second kappa shape index (κ2) is 7.70. The number of nitrogens with zero attached hydrogens (tertiary/aromatic N) is 2. The van der Waals surface area contributed by atoms with Gasteiger partial charge in [-0.15, -0.1) is 0 Å². The molecule has 0 aromatic heterocycles. The van der Waals surface area contributed by atoms with Crippen LogP contribution >= 0.6 is 0 Å². The Balaban J connectivity index is 4.21. The molecule has 3 heteroatoms. The Bertz CT molecular complexity index is 216. The number of carbonyl (C=O) groups is 1. The van der Waals surface area contributed by atoms with Gasteiger partial charge in [0, 0.05) is 12.1 Å². The van der Waals surface area contributed by atoms with Crippen molar-refractivity contribution in [1.29, 1.82) is 0 Å². The van der Waals surface area contributed by atoms with E-state index in [9.17, 15) is 4.79 Å². The highest BCUT2D eigenvalue weighted by Gasteiger charge is 2.20. The van der Waals surface area contributed by atoms with Gasteiger partial charge in [-0.05, 0) is 53.6 Å². The van der Waals surface area contributed by atoms with Crippen molar-refractivity contribution in [2.75, 3.05) is 20.1 Å². The number of hydrogen-bond donors (Lipinski definition) is 0. The van der Waals surface area contributed by atoms with Gasteiger partial charge in [0.15, 0.2) is 0 Å². The maximum absolute atomic E-state index is 12.2. The van der Waals surface area contributed by atoms with E-state index in [1.165, 1.54) is 0 Å². The summed E-state index contributed by atoms with van der Waals surface area (Å²) in [6.45, 7) is 14.3. The van der Waals surface area contributed by atoms with Crippen molar-refractivity contribution in [1.82, 2.24) is 9.80 Å². The molecule has 0 aliphatic carbocycles. The van der Waals surface area contributed by atoms with Crippen LogP contribution in [0.15, 0.2) is 0 Å². The monoisotopic (exact) mass is 242 g/mol. The third-order valence-electron chi connectivity index (χ3n) is 2.89. The molecule has 0 aromatic carbocycles. The topological polar surface area (TPSA) is 23.6 Å². The molecule has 0 aliphatic heterocycles. The Morgan fingerprint density at radius 2 is 1.47 bits per heavy atom. The Hall–Kier alpha value is -0.570. The van der Waals surface area contributed by atoms with Gasteiger partial charge < -0.3 is 4.90 Å². The lowest BCUT2D eigenvalue weighted by Crippen LogP contribution is -2.46. The lowest BCUT2D eigenvalue weighted by molar-refractivity contribution is -0.135. The fraction of sp³-hybridized carbons (Fsp3) is 0.929. The molecule has 0 N–H and O–H groups in total. The molecule has 3 nitrogen and oxygen atoms in total. The average molecular weight is 242 g/mol. The van der Waals surface area contributed by atoms with Crippen LogP contribution in [0.2, 0.25) is 0 Å². The number of hydrogen-bond acceptors (Lipinski definition) is 2. The van der Waals surface area contributed by atoms with Crippen molar-refractivity contribution in [3.05, 3.63) is 0 Å². The van der Waals surface area contributed by atoms with Crippen LogP contribution in [0.1, 0.15) is 48.0 Å². The van der Waals surface area contributed by atoms with Gasteiger partial charge >= 0.3 is 0 Å². The summed E-state index contributed by atoms with van der Waals surface area (Å²) in [5.74, 6) is 0.931. The highest BCUT2D eigenvalue weighted by Crippen LogP contribution is 2.07. The zero-order valence-electron chi connectivity index (χ0n) is 12.7. The maximum atomic E-state index is 12.2. The fourth-order valence-corrected chi connectivity index (χ4v) is 2.04. The lowest BCUT2D eigenvalue weighted by Gasteiger charge is -2.32. The van der Waals surface area contributed by atoms with Crippen molar-refractivity contribution in [3.63, 3.8) is 0 Å². The van der Waals surface area contributed by atoms with Crippen LogP contribution in [0.5, 0.6) is 0 Å². The van der Waals surface area contributed by atoms with Crippen LogP contribution in [-0.4, -0.2) is 47.9 Å². The Morgan fingerprint density at radius 3 is 1.82 bits per heavy atom. The van der Waals surface area contributed by atoms with Crippen molar-refractivity contribution in [2.24, 2.45) is 5.92 Å². The van der Waals surface area contributed by atoms with Gasteiger partial charge in [0.25, 0.3) is 0 Å². The van der Waals surface area contributed by atoms with Gasteiger partial charge in [-0.2, -0.15) is 0 Å². The van der Waals surface area contributed by atoms with E-state index in [2.05, 4.69) is 46.4 Å². The zero-order valence-corrected chi connectivity index (χ0v) is 12.7. The number of rotatable bonds is 7. The van der Waals surface area contributed by atoms with E-state index in [-0.39, 0.29) is 18.0 Å². The summed E-state index contributed by atoms with van der Waals surface area (Å²) in [6.07, 6.45) is 1.15. The third-order valence-corrected chi connectivity index (χ3v) is 2.89. The molecule has 102 valence electrons. The quantitative estimate of drug-likeness (QED) is 0.685. The largest absolute Gasteiger partial charge is 0.337 e. The van der Waals surface area contributed by atoms with Crippen molar-refractivity contribution in [2.45, 2.75) is 60.0 Å². The maximum Gasteiger partial charge on any atom is 0.237 e. The first-order valence-corrected chi connectivity index (χ1v) is 6.75. The first-order valence-electron chi connectivity index (χ1n) is 6.75. The van der Waals surface area contributed by atoms with Crippen molar-refractivity contribution >= 4 is 5.91 Å². The summed E-state index contributed by atoms with van der Waals surface area (Å²) < 4.78 is 0. The van der Waals surface area contributed by atoms with Crippen LogP contribution in [-0.2, 0) is 4.79 Å². The van der Waals surface area contributed by atoms with E-state index in [1.54, 1.807) is 0 Å². The standard InChI is InChI=1S/C14H30N2O/c1-11(2)8-9-15(7)10-14(17)16(12(3)4)13(5)6/h11-13H,8-10H2,1-7H3. The molecule has 1 amide bonds. The van der Waals surface area contributed by atoms with E-state index in [4.69, 9.17) is 0 Å². The zero-order chi connectivity index (χ0) is 13.6. The lowest BCUT2D eigenvalue weighted by atomic mass is 10.1. The molecule has 0 saturated carbocycles. The molecular formula is C14H30N2O. The summed E-state index contributed by atoms with van der Waals surface area (Å²) in [4.78, 5) is 16.3. The van der Waals surface area contributed by atoms with Crippen LogP contribution in [0, 0.1) is 5.92 Å². The van der Waals surface area contributed by atoms with Crippen LogP contribution < -0.4 is 0 Å². The number of amides is 1. The summed E-state index contributed by atoms with van der Waals surface area (Å²) in [5, 5.41) is 0. The van der Waals surface area contributed by atoms with E-state index < -0.39 is 0 Å². The molecule has 0 heterocycles. The second-order valence-electron chi connectivity index (χ2n) is 5.91. The van der Waals surface area contributed by atoms with Crippen molar-refractivity contribution in [3.8, 4) is 0 Å². The van der Waals surface area contributed by atoms with Gasteiger partial charge in [0.1, 0.15) is 0 Å². The van der Waals surface area contributed by atoms with E-state index >= 15 is 0 Å². The van der Waals surface area contributed by atoms with E-state index in [0.29, 0.717) is 12.5 Å². The Kier molecular flexibility index (Phi) is 7.44. The SMILES string of the molecule is CC(C)CCN(C)CC(=O)N(C(C)C)C(C)C. The van der Waals surface area contributed by atoms with E-state index in [0.717, 1.165) is 13.0 Å². The molecule has 0 fully saturated rings. The van der Waals surface area contributed by atoms with Crippen LogP contribution in [0.25, 0.3) is 0 Å². The van der Waals surface area contributed by atoms with Crippen LogP contribution in [0.4, 0.5) is 0 Å². The van der Waals surface area contributed by atoms with Gasteiger partial charge in [-0.1, -0.05) is 13.8 Å². The number of likely N-dealkylation sites (N-methyl/N-ethyl adjacent to an activating group) is 1. The molecule has 0 spiro atoms. The molecule has 0 aliphatic rings. The Morgan fingerprint density at radius 1 is 1.00 bits per heavy atom. The normalized spacial score (nSPS) is 11.9. The van der Waals surface area contributed by atoms with Gasteiger partial charge in [-0.3, -0.25) is 9.69 Å². The molecule has 0 aromatic rings. The molecule has 17 heavy (non-hydrogen) atoms. The first kappa shape index (κ1) is 16.4. The first-order chi connectivity index (χ1) is 7.75. The molecule has 0 radical (unpaired) electrons.